The van der Waals surface area contributed by atoms with Gasteiger partial charge in [-0.15, -0.1) is 0 Å². The second-order valence-electron chi connectivity index (χ2n) is 3.26. The van der Waals surface area contributed by atoms with Crippen LogP contribution in [0.25, 0.3) is 0 Å². The molecule has 1 unspecified atom stereocenters. The molecule has 0 amide bonds. The molecule has 0 saturated heterocycles. The number of nitrogens with two attached hydrogens (primary N) is 2. The lowest BCUT2D eigenvalue weighted by atomic mass is 10.1. The second-order valence-corrected chi connectivity index (χ2v) is 3.45. The van der Waals surface area contributed by atoms with Crippen LogP contribution in [0.15, 0.2) is 0 Å². The Bertz CT molecular complexity index is 224. The molecule has 0 bridgehead atoms. The molecule has 0 heterocycles. The third-order valence-electron chi connectivity index (χ3n) is 1.22. The quantitative estimate of drug-likeness (QED) is 0.422. The molecule has 0 radical (unpaired) electrons. The van der Waals surface area contributed by atoms with E-state index in [2.05, 4.69) is 5.73 Å². The summed E-state index contributed by atoms with van der Waals surface area (Å²) in [6.45, 7) is 3.62. The largest absolute Gasteiger partial charge is 0.491 e. The van der Waals surface area contributed by atoms with Crippen molar-refractivity contribution in [3.63, 3.8) is 0 Å². The molecule has 0 rings (SSSR count). The number of carboxylic acids is 2. The summed E-state index contributed by atoms with van der Waals surface area (Å²) in [7, 11) is -1.17. The first-order chi connectivity index (χ1) is 7.72. The minimum Gasteiger partial charge on any atom is -0.480 e. The first-order valence-electron chi connectivity index (χ1n) is 4.64. The van der Waals surface area contributed by atoms with Crippen LogP contribution in [0.2, 0.25) is 0 Å². The van der Waals surface area contributed by atoms with E-state index in [1.54, 1.807) is 0 Å². The Hall–Kier alpha value is -1.08. The monoisotopic (exact) mass is 271 g/mol. The van der Waals surface area contributed by atoms with Gasteiger partial charge in [-0.1, -0.05) is 13.8 Å². The van der Waals surface area contributed by atoms with E-state index in [-0.39, 0.29) is 6.54 Å². The molecule has 102 valence electrons. The molecule has 0 aliphatic heterocycles. The Kier molecular flexibility index (Phi) is 18.6. The highest BCUT2D eigenvalue weighted by Crippen LogP contribution is 2.01. The molecule has 7 N–H and O–H groups in total. The van der Waals surface area contributed by atoms with E-state index in [9.17, 15) is 9.59 Å². The Balaban J connectivity index is -0.000000207. The van der Waals surface area contributed by atoms with Crippen LogP contribution in [0.4, 0.5) is 0 Å². The lowest BCUT2D eigenvalue weighted by Gasteiger charge is -2.07. The highest BCUT2D eigenvalue weighted by Gasteiger charge is 2.11. The third kappa shape index (κ3) is 31.3. The van der Waals surface area contributed by atoms with Gasteiger partial charge in [0.15, 0.2) is 0 Å². The van der Waals surface area contributed by atoms with Gasteiger partial charge in [-0.05, 0) is 16.9 Å². The van der Waals surface area contributed by atoms with E-state index in [0.717, 1.165) is 0 Å². The van der Waals surface area contributed by atoms with Crippen molar-refractivity contribution < 1.29 is 29.3 Å². The van der Waals surface area contributed by atoms with Crippen molar-refractivity contribution in [3.05, 3.63) is 0 Å². The van der Waals surface area contributed by atoms with E-state index in [0.29, 0.717) is 12.3 Å². The van der Waals surface area contributed by atoms with Crippen molar-refractivity contribution >= 4 is 20.6 Å². The van der Waals surface area contributed by atoms with Crippen molar-refractivity contribution in [1.29, 1.82) is 0 Å². The van der Waals surface area contributed by atoms with Crippen molar-refractivity contribution in [2.24, 2.45) is 17.4 Å². The fourth-order valence-corrected chi connectivity index (χ4v) is 0.609. The van der Waals surface area contributed by atoms with Crippen LogP contribution in [-0.2, 0) is 14.2 Å². The fourth-order valence-electron chi connectivity index (χ4n) is 0.609. The number of carbonyl (C=O) groups is 2. The molecule has 0 spiro atoms. The van der Waals surface area contributed by atoms with Crippen molar-refractivity contribution in [2.45, 2.75) is 26.3 Å². The molecular weight excluding hydrogens is 251 g/mol. The summed E-state index contributed by atoms with van der Waals surface area (Å²) in [5, 5.41) is 15.9. The van der Waals surface area contributed by atoms with Crippen LogP contribution in [-0.4, -0.2) is 39.6 Å². The van der Waals surface area contributed by atoms with Crippen molar-refractivity contribution in [2.75, 3.05) is 6.54 Å². The number of carboxylic acid groups (broad SMARTS) is 2. The number of rotatable bonds is 4. The Morgan fingerprint density at radius 1 is 1.29 bits per heavy atom. The van der Waals surface area contributed by atoms with Gasteiger partial charge >= 0.3 is 20.6 Å². The maximum absolute atomic E-state index is 10.1. The second kappa shape index (κ2) is 14.9. The minimum atomic E-state index is -1.17. The molecule has 2 atom stereocenters. The molecule has 0 aromatic carbocycles. The van der Waals surface area contributed by atoms with Gasteiger partial charge in [0.05, 0.1) is 6.54 Å². The average Bonchev–Trinajstić information content (AvgIpc) is 2.18. The highest BCUT2D eigenvalue weighted by atomic mass is 31.1. The van der Waals surface area contributed by atoms with Gasteiger partial charge in [0.1, 0.15) is 6.04 Å². The van der Waals surface area contributed by atoms with E-state index in [4.69, 9.17) is 25.4 Å². The predicted octanol–water partition coefficient (Wildman–Crippen LogP) is -0.608. The topological polar surface area (TPSA) is 164 Å². The van der Waals surface area contributed by atoms with Gasteiger partial charge in [-0.25, -0.2) is 0 Å². The SMILES string of the molecule is CC(C)C[C@H](N)C(=O)O.NCC(=O)O.O=[PH+]O. The Morgan fingerprint density at radius 3 is 1.65 bits per heavy atom. The molecular formula is C8H20N2O6P+. The molecule has 0 aromatic rings. The third-order valence-corrected chi connectivity index (χ3v) is 1.22. The number of aliphatic carboxylic acids is 2. The van der Waals surface area contributed by atoms with E-state index < -0.39 is 26.7 Å². The highest BCUT2D eigenvalue weighted by molar-refractivity contribution is 7.16. The molecule has 0 aliphatic carbocycles. The Labute approximate surface area is 101 Å². The standard InChI is InChI=1S/C6H13NO2.C2H5NO2.HO2P/c1-4(2)3-5(7)6(8)9;3-1-2(4)5;1-3-2/h4-5H,3,7H2,1-2H3,(H,8,9);1,3H2,(H,4,5);3H/p+1/t5-;;/m0../s1. The molecule has 0 saturated carbocycles. The molecule has 0 fully saturated rings. The predicted molar refractivity (Wildman–Crippen MR) is 63.0 cm³/mol. The van der Waals surface area contributed by atoms with Gasteiger partial charge in [-0.2, -0.15) is 4.89 Å². The van der Waals surface area contributed by atoms with E-state index in [1.165, 1.54) is 0 Å². The summed E-state index contributed by atoms with van der Waals surface area (Å²) in [6.07, 6.45) is 0.551. The first-order valence-corrected chi connectivity index (χ1v) is 5.49. The van der Waals surface area contributed by atoms with Gasteiger partial charge in [0.2, 0.25) is 0 Å². The van der Waals surface area contributed by atoms with Crippen LogP contribution in [0.1, 0.15) is 20.3 Å². The number of hydrogen-bond donors (Lipinski definition) is 5. The van der Waals surface area contributed by atoms with Crippen LogP contribution in [0.3, 0.4) is 0 Å². The summed E-state index contributed by atoms with van der Waals surface area (Å²) in [6, 6.07) is -0.690. The maximum Gasteiger partial charge on any atom is 0.491 e. The minimum absolute atomic E-state index is 0.278. The zero-order chi connectivity index (χ0) is 14.4. The van der Waals surface area contributed by atoms with Crippen molar-refractivity contribution in [3.8, 4) is 0 Å². The normalized spacial score (nSPS) is 10.7. The molecule has 0 aliphatic rings. The summed E-state index contributed by atoms with van der Waals surface area (Å²) < 4.78 is 8.51. The maximum atomic E-state index is 10.1. The van der Waals surface area contributed by atoms with Crippen LogP contribution in [0.5, 0.6) is 0 Å². The molecule has 8 nitrogen and oxygen atoms in total. The average molecular weight is 271 g/mol. The van der Waals surface area contributed by atoms with Gasteiger partial charge in [0, 0.05) is 0 Å². The zero-order valence-corrected chi connectivity index (χ0v) is 10.8. The fraction of sp³-hybridized carbons (Fsp3) is 0.750. The van der Waals surface area contributed by atoms with Gasteiger partial charge in [-0.3, -0.25) is 9.59 Å². The lowest BCUT2D eigenvalue weighted by Crippen LogP contribution is -2.31. The molecule has 0 aromatic heterocycles. The van der Waals surface area contributed by atoms with Gasteiger partial charge in [0.25, 0.3) is 0 Å². The van der Waals surface area contributed by atoms with Crippen LogP contribution < -0.4 is 11.5 Å². The summed E-state index contributed by atoms with van der Waals surface area (Å²) >= 11 is 0. The first kappa shape index (κ1) is 21.2. The summed E-state index contributed by atoms with van der Waals surface area (Å²) in [5.74, 6) is -1.52. The summed E-state index contributed by atoms with van der Waals surface area (Å²) in [5.41, 5.74) is 9.79. The lowest BCUT2D eigenvalue weighted by molar-refractivity contribution is -0.139. The van der Waals surface area contributed by atoms with Crippen molar-refractivity contribution in [1.82, 2.24) is 0 Å². The smallest absolute Gasteiger partial charge is 0.480 e. The number of hydrogen-bond acceptors (Lipinski definition) is 5. The summed E-state index contributed by atoms with van der Waals surface area (Å²) in [4.78, 5) is 26.4. The Morgan fingerprint density at radius 2 is 1.59 bits per heavy atom. The van der Waals surface area contributed by atoms with E-state index in [1.807, 2.05) is 13.8 Å². The molecule has 17 heavy (non-hydrogen) atoms. The molecule has 9 heteroatoms. The van der Waals surface area contributed by atoms with Crippen LogP contribution in [0, 0.1) is 5.92 Å². The van der Waals surface area contributed by atoms with Crippen LogP contribution >= 0.6 is 8.69 Å². The van der Waals surface area contributed by atoms with Gasteiger partial charge < -0.3 is 21.7 Å². The zero-order valence-electron chi connectivity index (χ0n) is 9.79. The van der Waals surface area contributed by atoms with E-state index >= 15 is 0 Å².